The third kappa shape index (κ3) is 7.64. The number of amides is 3. The fraction of sp³-hybridized carbons (Fsp3) is 0.255. The average molecular weight is 889 g/mol. The molecule has 4 heterocycles. The monoisotopic (exact) mass is 888 g/mol. The summed E-state index contributed by atoms with van der Waals surface area (Å²) in [5.74, 6) is -0.692. The average Bonchev–Trinajstić information content (AvgIpc) is 4.00. The summed E-state index contributed by atoms with van der Waals surface area (Å²) in [6.45, 7) is 1.90. The predicted octanol–water partition coefficient (Wildman–Crippen LogP) is 7.26. The number of imidazole rings is 1. The van der Waals surface area contributed by atoms with Gasteiger partial charge in [-0.15, -0.1) is 0 Å². The van der Waals surface area contributed by atoms with Gasteiger partial charge in [-0.2, -0.15) is 0 Å². The molecule has 2 aromatic heterocycles. The van der Waals surface area contributed by atoms with Gasteiger partial charge in [0.2, 0.25) is 0 Å². The molecule has 0 unspecified atom stereocenters. The Bertz CT molecular complexity index is 2870. The Morgan fingerprint density at radius 2 is 1.50 bits per heavy atom. The first-order chi connectivity index (χ1) is 32.2. The van der Waals surface area contributed by atoms with Gasteiger partial charge in [-0.1, -0.05) is 117 Å². The highest BCUT2D eigenvalue weighted by Gasteiger charge is 2.48. The molecule has 0 radical (unpaired) electrons. The Hall–Kier alpha value is -7.30. The van der Waals surface area contributed by atoms with Gasteiger partial charge in [-0.25, -0.2) is 19.9 Å². The molecule has 336 valence electrons. The molecule has 7 aromatic rings. The van der Waals surface area contributed by atoms with Crippen molar-refractivity contribution in [3.8, 4) is 11.5 Å². The number of aliphatic hydroxyl groups is 2. The van der Waals surface area contributed by atoms with Crippen molar-refractivity contribution in [2.45, 2.75) is 62.7 Å². The minimum absolute atomic E-state index is 0.0229. The lowest BCUT2D eigenvalue weighted by Crippen LogP contribution is -2.39. The molecule has 0 bridgehead atoms. The van der Waals surface area contributed by atoms with Crippen LogP contribution in [-0.4, -0.2) is 86.6 Å². The number of unbranched alkanes of at least 4 members (excludes halogenated alkanes) is 2. The van der Waals surface area contributed by atoms with Crippen LogP contribution in [0, 0.1) is 0 Å². The molecule has 0 aliphatic carbocycles. The number of nitrogens with zero attached hydrogens (tertiary/aromatic N) is 5. The summed E-state index contributed by atoms with van der Waals surface area (Å²) in [7, 11) is 3.12. The quantitative estimate of drug-likeness (QED) is 0.0502. The molecule has 3 N–H and O–H groups in total. The molecule has 1 fully saturated rings. The number of carbonyl (C=O) groups excluding carboxylic acids is 3. The van der Waals surface area contributed by atoms with Crippen molar-refractivity contribution in [1.82, 2.24) is 19.5 Å². The zero-order valence-electron chi connectivity index (χ0n) is 36.5. The van der Waals surface area contributed by atoms with Crippen molar-refractivity contribution < 1.29 is 43.5 Å². The van der Waals surface area contributed by atoms with E-state index in [1.807, 2.05) is 78.9 Å². The number of aryl methyl sites for hydroxylation is 1. The second-order valence-electron chi connectivity index (χ2n) is 16.1. The standard InChI is InChI=1S/C51H48N6O9/c1-4-5-8-17-31-18-15-24-35-40(31)49(62)57(48(35)61)37-26-14-13-23-34(37)47(60)55-45-41-46(53-29-52-45)56(30-54-41)50-43(59)42(58)39(66-50)28-65-51(32-19-9-6-10-20-32,33-21-11-7-12-22-33)36-25-16-27-38(63-2)44(36)64-3/h6-7,9-16,18-27,29-30,39,42-43,50,58-59H,4-5,8,17,28H2,1-3H3,(H,52,53,55,60)/t39-,42-,43-,50-/m1/s1. The van der Waals surface area contributed by atoms with Crippen LogP contribution in [0.5, 0.6) is 11.5 Å². The van der Waals surface area contributed by atoms with E-state index in [1.165, 1.54) is 23.3 Å². The SMILES string of the molecule is CCCCCc1cccc2c1C(=O)N(c1ccccc1C(=O)Nc1ncnc3c1ncn3[C@@H]1O[C@H](COC(c3ccccc3)(c3ccccc3)c3cccc(OC)c3OC)[C@@H](O)[C@H]1O)C2=O. The molecule has 15 nitrogen and oxygen atoms in total. The van der Waals surface area contributed by atoms with E-state index in [9.17, 15) is 24.6 Å². The van der Waals surface area contributed by atoms with Crippen LogP contribution in [0.2, 0.25) is 0 Å². The molecular weight excluding hydrogens is 841 g/mol. The van der Waals surface area contributed by atoms with E-state index >= 15 is 0 Å². The zero-order chi connectivity index (χ0) is 46.0. The van der Waals surface area contributed by atoms with Gasteiger partial charge < -0.3 is 34.5 Å². The van der Waals surface area contributed by atoms with Crippen LogP contribution >= 0.6 is 0 Å². The summed E-state index contributed by atoms with van der Waals surface area (Å²) in [6.07, 6.45) is 1.01. The molecule has 66 heavy (non-hydrogen) atoms. The topological polar surface area (TPSA) is 187 Å². The van der Waals surface area contributed by atoms with Gasteiger partial charge in [0.25, 0.3) is 17.7 Å². The smallest absolute Gasteiger partial charge is 0.266 e. The van der Waals surface area contributed by atoms with E-state index in [4.69, 9.17) is 18.9 Å². The van der Waals surface area contributed by atoms with Crippen LogP contribution in [0.15, 0.2) is 134 Å². The summed E-state index contributed by atoms with van der Waals surface area (Å²) >= 11 is 0. The minimum Gasteiger partial charge on any atom is -0.493 e. The Morgan fingerprint density at radius 1 is 0.788 bits per heavy atom. The van der Waals surface area contributed by atoms with E-state index in [0.717, 1.165) is 40.9 Å². The Kier molecular flexibility index (Phi) is 12.4. The van der Waals surface area contributed by atoms with E-state index in [-0.39, 0.29) is 34.8 Å². The van der Waals surface area contributed by atoms with Gasteiger partial charge in [0, 0.05) is 5.56 Å². The van der Waals surface area contributed by atoms with Crippen molar-refractivity contribution in [1.29, 1.82) is 0 Å². The maximum Gasteiger partial charge on any atom is 0.266 e. The van der Waals surface area contributed by atoms with Gasteiger partial charge in [0.1, 0.15) is 30.2 Å². The lowest BCUT2D eigenvalue weighted by atomic mass is 9.79. The fourth-order valence-corrected chi connectivity index (χ4v) is 9.05. The molecule has 0 saturated carbocycles. The Balaban J connectivity index is 0.986. The third-order valence-electron chi connectivity index (χ3n) is 12.2. The van der Waals surface area contributed by atoms with Crippen LogP contribution in [0.1, 0.15) is 85.7 Å². The van der Waals surface area contributed by atoms with Gasteiger partial charge in [0.05, 0.1) is 49.5 Å². The number of hydrogen-bond acceptors (Lipinski definition) is 12. The summed E-state index contributed by atoms with van der Waals surface area (Å²) in [5, 5.41) is 26.0. The van der Waals surface area contributed by atoms with Crippen molar-refractivity contribution >= 4 is 40.4 Å². The number of imide groups is 1. The Morgan fingerprint density at radius 3 is 2.21 bits per heavy atom. The lowest BCUT2D eigenvalue weighted by molar-refractivity contribution is -0.0946. The largest absolute Gasteiger partial charge is 0.493 e. The molecule has 2 aliphatic rings. The summed E-state index contributed by atoms with van der Waals surface area (Å²) in [6, 6.07) is 36.4. The van der Waals surface area contributed by atoms with Crippen molar-refractivity contribution in [2.75, 3.05) is 31.0 Å². The number of fused-ring (bicyclic) bond motifs is 2. The number of aromatic nitrogens is 4. The predicted molar refractivity (Wildman–Crippen MR) is 245 cm³/mol. The number of para-hydroxylation sites is 2. The molecule has 9 rings (SSSR count). The van der Waals surface area contributed by atoms with Crippen molar-refractivity contribution in [3.05, 3.63) is 173 Å². The summed E-state index contributed by atoms with van der Waals surface area (Å²) < 4.78 is 26.6. The van der Waals surface area contributed by atoms with Crippen molar-refractivity contribution in [3.63, 3.8) is 0 Å². The first-order valence-corrected chi connectivity index (χ1v) is 21.8. The first kappa shape index (κ1) is 43.9. The fourth-order valence-electron chi connectivity index (χ4n) is 9.05. The number of methoxy groups -OCH3 is 2. The molecule has 15 heteroatoms. The summed E-state index contributed by atoms with van der Waals surface area (Å²) in [5.41, 5.74) is 2.82. The highest BCUT2D eigenvalue weighted by molar-refractivity contribution is 6.36. The van der Waals surface area contributed by atoms with Crippen LogP contribution in [-0.2, 0) is 21.5 Å². The molecule has 3 amide bonds. The normalized spacial score (nSPS) is 18.2. The summed E-state index contributed by atoms with van der Waals surface area (Å²) in [4.78, 5) is 56.2. The van der Waals surface area contributed by atoms with E-state index < -0.39 is 47.9 Å². The van der Waals surface area contributed by atoms with Gasteiger partial charge in [-0.3, -0.25) is 19.0 Å². The van der Waals surface area contributed by atoms with E-state index in [2.05, 4.69) is 27.2 Å². The first-order valence-electron chi connectivity index (χ1n) is 21.8. The maximum atomic E-state index is 14.1. The van der Waals surface area contributed by atoms with E-state index in [1.54, 1.807) is 50.6 Å². The van der Waals surface area contributed by atoms with E-state index in [0.29, 0.717) is 34.6 Å². The number of ether oxygens (including phenoxy) is 4. The van der Waals surface area contributed by atoms with Crippen LogP contribution in [0.4, 0.5) is 11.5 Å². The second-order valence-corrected chi connectivity index (χ2v) is 16.1. The molecule has 4 atom stereocenters. The number of nitrogens with one attached hydrogen (secondary N) is 1. The maximum absolute atomic E-state index is 14.1. The lowest BCUT2D eigenvalue weighted by Gasteiger charge is -2.37. The second kappa shape index (κ2) is 18.7. The van der Waals surface area contributed by atoms with Crippen LogP contribution < -0.4 is 19.7 Å². The highest BCUT2D eigenvalue weighted by atomic mass is 16.6. The van der Waals surface area contributed by atoms with Crippen molar-refractivity contribution in [2.24, 2.45) is 0 Å². The molecular formula is C51H48N6O9. The molecule has 1 saturated heterocycles. The number of carbonyl (C=O) groups is 3. The number of aliphatic hydroxyl groups excluding tert-OH is 2. The van der Waals surface area contributed by atoms with Gasteiger partial charge in [0.15, 0.2) is 34.7 Å². The number of rotatable bonds is 16. The zero-order valence-corrected chi connectivity index (χ0v) is 36.5. The third-order valence-corrected chi connectivity index (χ3v) is 12.2. The number of hydrogen-bond donors (Lipinski definition) is 3. The van der Waals surface area contributed by atoms with Gasteiger partial charge in [-0.05, 0) is 53.8 Å². The van der Waals surface area contributed by atoms with Crippen LogP contribution in [0.3, 0.4) is 0 Å². The Labute approximate surface area is 380 Å². The molecule has 2 aliphatic heterocycles. The number of benzene rings is 5. The molecule has 0 spiro atoms. The molecule has 5 aromatic carbocycles. The number of anilines is 2. The van der Waals surface area contributed by atoms with Gasteiger partial charge >= 0.3 is 0 Å². The van der Waals surface area contributed by atoms with Crippen LogP contribution in [0.25, 0.3) is 11.2 Å². The highest BCUT2D eigenvalue weighted by Crippen LogP contribution is 2.48. The minimum atomic E-state index is -1.46.